The molecule has 1 aromatic carbocycles. The smallest absolute Gasteiger partial charge is 0.134 e. The molecule has 2 N–H and O–H groups in total. The van der Waals surface area contributed by atoms with E-state index in [0.29, 0.717) is 6.54 Å². The minimum Gasteiger partial charge on any atom is -0.459 e. The Kier molecular flexibility index (Phi) is 2.78. The van der Waals surface area contributed by atoms with Crippen LogP contribution in [0.5, 0.6) is 0 Å². The van der Waals surface area contributed by atoms with Crippen molar-refractivity contribution < 1.29 is 4.42 Å². The largest absolute Gasteiger partial charge is 0.459 e. The summed E-state index contributed by atoms with van der Waals surface area (Å²) in [6, 6.07) is 6.21. The fourth-order valence-electron chi connectivity index (χ4n) is 1.72. The summed E-state index contributed by atoms with van der Waals surface area (Å²) in [4.78, 5) is 0. The number of furan rings is 1. The van der Waals surface area contributed by atoms with Crippen LogP contribution in [0.25, 0.3) is 11.0 Å². The highest BCUT2D eigenvalue weighted by atomic mass is 127. The topological polar surface area (TPSA) is 39.2 Å². The number of nitrogens with two attached hydrogens (primary N) is 1. The minimum absolute atomic E-state index is 0.481. The van der Waals surface area contributed by atoms with Gasteiger partial charge < -0.3 is 10.2 Å². The maximum atomic E-state index is 5.67. The van der Waals surface area contributed by atoms with E-state index < -0.39 is 0 Å². The highest BCUT2D eigenvalue weighted by Gasteiger charge is 2.10. The van der Waals surface area contributed by atoms with Crippen LogP contribution < -0.4 is 5.73 Å². The summed E-state index contributed by atoms with van der Waals surface area (Å²) in [5.41, 5.74) is 7.83. The van der Waals surface area contributed by atoms with Gasteiger partial charge in [-0.1, -0.05) is 6.92 Å². The molecule has 1 aromatic heterocycles. The number of rotatable bonds is 2. The van der Waals surface area contributed by atoms with Gasteiger partial charge >= 0.3 is 0 Å². The first-order chi connectivity index (χ1) is 6.76. The molecule has 0 saturated heterocycles. The van der Waals surface area contributed by atoms with Crippen LogP contribution in [0, 0.1) is 3.57 Å². The molecular weight excluding hydrogens is 289 g/mol. The zero-order valence-corrected chi connectivity index (χ0v) is 10.2. The van der Waals surface area contributed by atoms with Crippen LogP contribution in [0.15, 0.2) is 22.6 Å². The van der Waals surface area contributed by atoms with Gasteiger partial charge in [0.15, 0.2) is 0 Å². The summed E-state index contributed by atoms with van der Waals surface area (Å²) >= 11 is 2.31. The van der Waals surface area contributed by atoms with Crippen LogP contribution in [-0.2, 0) is 13.0 Å². The van der Waals surface area contributed by atoms with Crippen molar-refractivity contribution in [2.24, 2.45) is 5.73 Å². The number of hydrogen-bond acceptors (Lipinski definition) is 2. The lowest BCUT2D eigenvalue weighted by atomic mass is 10.1. The molecule has 0 radical (unpaired) electrons. The zero-order chi connectivity index (χ0) is 10.1. The Morgan fingerprint density at radius 2 is 2.21 bits per heavy atom. The van der Waals surface area contributed by atoms with Gasteiger partial charge in [0, 0.05) is 14.5 Å². The fourth-order valence-corrected chi connectivity index (χ4v) is 2.22. The Labute approximate surface area is 96.6 Å². The first-order valence-electron chi connectivity index (χ1n) is 4.66. The molecule has 0 aliphatic heterocycles. The van der Waals surface area contributed by atoms with Crippen molar-refractivity contribution >= 4 is 33.6 Å². The maximum absolute atomic E-state index is 5.67. The van der Waals surface area contributed by atoms with Crippen LogP contribution in [0.4, 0.5) is 0 Å². The standard InChI is InChI=1S/C11H12INO/c1-2-8-9-5-7(12)3-4-10(9)14-11(8)6-13/h3-5H,2,6,13H2,1H3. The number of hydrogen-bond donors (Lipinski definition) is 1. The third-order valence-corrected chi connectivity index (χ3v) is 3.05. The summed E-state index contributed by atoms with van der Waals surface area (Å²) in [6.07, 6.45) is 0.972. The van der Waals surface area contributed by atoms with E-state index in [1.807, 2.05) is 12.1 Å². The van der Waals surface area contributed by atoms with E-state index in [1.54, 1.807) is 0 Å². The van der Waals surface area contributed by atoms with Crippen LogP contribution in [0.2, 0.25) is 0 Å². The van der Waals surface area contributed by atoms with Gasteiger partial charge in [0.25, 0.3) is 0 Å². The molecule has 0 unspecified atom stereocenters. The number of benzene rings is 1. The molecule has 0 bridgehead atoms. The predicted octanol–water partition coefficient (Wildman–Crippen LogP) is 3.06. The number of fused-ring (bicyclic) bond motifs is 1. The third-order valence-electron chi connectivity index (χ3n) is 2.38. The molecule has 14 heavy (non-hydrogen) atoms. The highest BCUT2D eigenvalue weighted by Crippen LogP contribution is 2.27. The molecule has 0 aliphatic rings. The molecule has 0 amide bonds. The monoisotopic (exact) mass is 301 g/mol. The fraction of sp³-hybridized carbons (Fsp3) is 0.273. The van der Waals surface area contributed by atoms with Crippen molar-refractivity contribution in [3.8, 4) is 0 Å². The molecule has 0 spiro atoms. The number of halogens is 1. The Balaban J connectivity index is 2.74. The first-order valence-corrected chi connectivity index (χ1v) is 5.74. The minimum atomic E-state index is 0.481. The van der Waals surface area contributed by atoms with Crippen LogP contribution in [0.3, 0.4) is 0 Å². The van der Waals surface area contributed by atoms with Crippen LogP contribution in [-0.4, -0.2) is 0 Å². The van der Waals surface area contributed by atoms with E-state index in [2.05, 4.69) is 35.6 Å². The average molecular weight is 301 g/mol. The first kappa shape index (κ1) is 9.98. The molecule has 74 valence electrons. The van der Waals surface area contributed by atoms with Gasteiger partial charge in [-0.25, -0.2) is 0 Å². The average Bonchev–Trinajstić information content (AvgIpc) is 2.54. The summed E-state index contributed by atoms with van der Waals surface area (Å²) < 4.78 is 6.90. The summed E-state index contributed by atoms with van der Waals surface area (Å²) in [6.45, 7) is 2.61. The molecular formula is C11H12INO. The molecule has 0 fully saturated rings. The van der Waals surface area contributed by atoms with Crippen molar-refractivity contribution in [3.63, 3.8) is 0 Å². The Bertz CT molecular complexity index is 462. The molecule has 0 saturated carbocycles. The molecule has 3 heteroatoms. The Hall–Kier alpha value is -0.550. The Morgan fingerprint density at radius 1 is 1.43 bits per heavy atom. The second-order valence-electron chi connectivity index (χ2n) is 3.20. The van der Waals surface area contributed by atoms with Crippen molar-refractivity contribution in [1.29, 1.82) is 0 Å². The van der Waals surface area contributed by atoms with Crippen molar-refractivity contribution in [2.75, 3.05) is 0 Å². The molecule has 2 aromatic rings. The van der Waals surface area contributed by atoms with E-state index >= 15 is 0 Å². The van der Waals surface area contributed by atoms with Crippen LogP contribution >= 0.6 is 22.6 Å². The van der Waals surface area contributed by atoms with Crippen molar-refractivity contribution in [1.82, 2.24) is 0 Å². The van der Waals surface area contributed by atoms with Gasteiger partial charge in [0.05, 0.1) is 6.54 Å². The lowest BCUT2D eigenvalue weighted by Crippen LogP contribution is -1.97. The number of aryl methyl sites for hydroxylation is 1. The van der Waals surface area contributed by atoms with Gasteiger partial charge in [0.1, 0.15) is 11.3 Å². The van der Waals surface area contributed by atoms with E-state index in [4.69, 9.17) is 10.2 Å². The van der Waals surface area contributed by atoms with Gasteiger partial charge in [-0.05, 0) is 47.2 Å². The molecule has 2 rings (SSSR count). The zero-order valence-electron chi connectivity index (χ0n) is 8.01. The normalized spacial score (nSPS) is 11.1. The molecule has 0 atom stereocenters. The van der Waals surface area contributed by atoms with Crippen LogP contribution in [0.1, 0.15) is 18.2 Å². The summed E-state index contributed by atoms with van der Waals surface area (Å²) in [5, 5.41) is 1.21. The molecule has 1 heterocycles. The summed E-state index contributed by atoms with van der Waals surface area (Å²) in [5.74, 6) is 0.921. The van der Waals surface area contributed by atoms with E-state index in [-0.39, 0.29) is 0 Å². The van der Waals surface area contributed by atoms with E-state index in [9.17, 15) is 0 Å². The van der Waals surface area contributed by atoms with Gasteiger partial charge in [-0.3, -0.25) is 0 Å². The quantitative estimate of drug-likeness (QED) is 0.866. The van der Waals surface area contributed by atoms with Crippen molar-refractivity contribution in [2.45, 2.75) is 19.9 Å². The van der Waals surface area contributed by atoms with Gasteiger partial charge in [-0.15, -0.1) is 0 Å². The highest BCUT2D eigenvalue weighted by molar-refractivity contribution is 14.1. The SMILES string of the molecule is CCc1c(CN)oc2ccc(I)cc12. The van der Waals surface area contributed by atoms with Gasteiger partial charge in [-0.2, -0.15) is 0 Å². The third kappa shape index (κ3) is 1.54. The summed E-state index contributed by atoms with van der Waals surface area (Å²) in [7, 11) is 0. The van der Waals surface area contributed by atoms with Gasteiger partial charge in [0.2, 0.25) is 0 Å². The predicted molar refractivity (Wildman–Crippen MR) is 66.2 cm³/mol. The lowest BCUT2D eigenvalue weighted by Gasteiger charge is -1.95. The van der Waals surface area contributed by atoms with Crippen molar-refractivity contribution in [3.05, 3.63) is 33.1 Å². The lowest BCUT2D eigenvalue weighted by molar-refractivity contribution is 0.546. The van der Waals surface area contributed by atoms with E-state index in [1.165, 1.54) is 14.5 Å². The maximum Gasteiger partial charge on any atom is 0.134 e. The second-order valence-corrected chi connectivity index (χ2v) is 4.45. The molecule has 0 aliphatic carbocycles. The molecule has 2 nitrogen and oxygen atoms in total. The Morgan fingerprint density at radius 3 is 2.86 bits per heavy atom. The second kappa shape index (κ2) is 3.90. The van der Waals surface area contributed by atoms with E-state index in [0.717, 1.165) is 17.8 Å².